The van der Waals surface area contributed by atoms with Crippen LogP contribution >= 0.6 is 23.2 Å². The Kier molecular flexibility index (Phi) is 6.97. The fourth-order valence-electron chi connectivity index (χ4n) is 6.17. The van der Waals surface area contributed by atoms with E-state index in [0.29, 0.717) is 33.2 Å². The molecule has 0 N–H and O–H groups in total. The van der Waals surface area contributed by atoms with Crippen LogP contribution in [0.25, 0.3) is 11.2 Å². The lowest BCUT2D eigenvalue weighted by molar-refractivity contribution is 0.00872. The normalized spacial score (nSPS) is 22.6. The molecule has 8 nitrogen and oxygen atoms in total. The van der Waals surface area contributed by atoms with E-state index < -0.39 is 0 Å². The Bertz CT molecular complexity index is 1330. The number of likely N-dealkylation sites (tertiary alicyclic amines) is 1. The van der Waals surface area contributed by atoms with Crippen LogP contribution in [0.5, 0.6) is 0 Å². The molecule has 1 unspecified atom stereocenters. The molecule has 2 atom stereocenters. The summed E-state index contributed by atoms with van der Waals surface area (Å²) in [6, 6.07) is 8.03. The van der Waals surface area contributed by atoms with Crippen molar-refractivity contribution in [2.24, 2.45) is 11.8 Å². The van der Waals surface area contributed by atoms with Crippen molar-refractivity contribution in [1.82, 2.24) is 24.6 Å². The zero-order chi connectivity index (χ0) is 25.5. The van der Waals surface area contributed by atoms with E-state index in [1.54, 1.807) is 16.9 Å². The first-order valence-corrected chi connectivity index (χ1v) is 13.9. The van der Waals surface area contributed by atoms with Gasteiger partial charge in [0.05, 0.1) is 12.2 Å². The third-order valence-corrected chi connectivity index (χ3v) is 8.94. The Morgan fingerprint density at radius 3 is 2.68 bits per heavy atom. The summed E-state index contributed by atoms with van der Waals surface area (Å²) in [7, 11) is 0. The Labute approximate surface area is 227 Å². The highest BCUT2D eigenvalue weighted by Gasteiger charge is 2.38. The Hall–Kier alpha value is -2.44. The van der Waals surface area contributed by atoms with Crippen molar-refractivity contribution in [3.05, 3.63) is 45.7 Å². The number of aromatic nitrogens is 4. The topological polar surface area (TPSA) is 83.1 Å². The monoisotopic (exact) mass is 539 g/mol. The zero-order valence-corrected chi connectivity index (χ0v) is 22.5. The van der Waals surface area contributed by atoms with Crippen molar-refractivity contribution in [2.45, 2.75) is 44.7 Å². The highest BCUT2D eigenvalue weighted by molar-refractivity contribution is 6.35. The number of rotatable bonds is 5. The standard InChI is InChI=1S/C27H31Cl2N7O/c1-17(22-5-4-20(28)11-23(22)29)36-27-26(24(12-30)33-36)31-13-25(32-27)35-15-19(16-35)18-3-2-8-34(14-18)21-6-9-37-10-7-21/h4-5,11,13,17-19,21H,2-3,6-10,14-16H2,1H3/t17-,18?/m1/s1. The van der Waals surface area contributed by atoms with E-state index in [1.165, 1.54) is 25.9 Å². The summed E-state index contributed by atoms with van der Waals surface area (Å²) in [6.07, 6.45) is 6.70. The van der Waals surface area contributed by atoms with Crippen LogP contribution in [-0.2, 0) is 4.74 Å². The number of nitrogens with zero attached hydrogens (tertiary/aromatic N) is 7. The van der Waals surface area contributed by atoms with Crippen molar-refractivity contribution in [2.75, 3.05) is 44.3 Å². The second-order valence-corrected chi connectivity index (χ2v) is 11.4. The molecule has 6 rings (SSSR count). The van der Waals surface area contributed by atoms with Gasteiger partial charge >= 0.3 is 0 Å². The molecule has 0 aliphatic carbocycles. The van der Waals surface area contributed by atoms with Crippen LogP contribution in [0.4, 0.5) is 5.82 Å². The number of hydrogen-bond acceptors (Lipinski definition) is 7. The quantitative estimate of drug-likeness (QED) is 0.453. The third-order valence-electron chi connectivity index (χ3n) is 8.37. The molecule has 0 radical (unpaired) electrons. The minimum atomic E-state index is -0.235. The van der Waals surface area contributed by atoms with E-state index in [-0.39, 0.29) is 11.7 Å². The molecule has 5 heterocycles. The van der Waals surface area contributed by atoms with Crippen molar-refractivity contribution >= 4 is 40.2 Å². The Morgan fingerprint density at radius 1 is 1.11 bits per heavy atom. The molecule has 0 spiro atoms. The first kappa shape index (κ1) is 24.9. The van der Waals surface area contributed by atoms with Gasteiger partial charge in [0, 0.05) is 48.9 Å². The molecule has 3 aromatic rings. The van der Waals surface area contributed by atoms with Crippen molar-refractivity contribution in [1.29, 1.82) is 5.26 Å². The maximum absolute atomic E-state index is 9.66. The van der Waals surface area contributed by atoms with Crippen LogP contribution in [0.2, 0.25) is 10.0 Å². The minimum Gasteiger partial charge on any atom is -0.381 e. The predicted molar refractivity (Wildman–Crippen MR) is 144 cm³/mol. The van der Waals surface area contributed by atoms with Gasteiger partial charge in [0.15, 0.2) is 11.3 Å². The van der Waals surface area contributed by atoms with Crippen LogP contribution in [0, 0.1) is 23.2 Å². The molecule has 1 aromatic carbocycles. The average molecular weight is 540 g/mol. The maximum Gasteiger partial charge on any atom is 0.190 e. The van der Waals surface area contributed by atoms with Gasteiger partial charge < -0.3 is 9.64 Å². The van der Waals surface area contributed by atoms with Crippen LogP contribution in [0.15, 0.2) is 24.4 Å². The third kappa shape index (κ3) is 4.79. The van der Waals surface area contributed by atoms with Gasteiger partial charge in [-0.3, -0.25) is 4.90 Å². The molecule has 3 aliphatic heterocycles. The van der Waals surface area contributed by atoms with E-state index in [4.69, 9.17) is 32.9 Å². The van der Waals surface area contributed by atoms with E-state index in [9.17, 15) is 5.26 Å². The smallest absolute Gasteiger partial charge is 0.190 e. The molecule has 37 heavy (non-hydrogen) atoms. The summed E-state index contributed by atoms with van der Waals surface area (Å²) in [5, 5.41) is 15.3. The number of piperidine rings is 1. The molecular weight excluding hydrogens is 509 g/mol. The van der Waals surface area contributed by atoms with Crippen LogP contribution in [-0.4, -0.2) is 70.1 Å². The number of benzene rings is 1. The molecule has 3 saturated heterocycles. The van der Waals surface area contributed by atoms with Crippen LogP contribution < -0.4 is 4.90 Å². The zero-order valence-electron chi connectivity index (χ0n) is 21.0. The van der Waals surface area contributed by atoms with Gasteiger partial charge in [-0.15, -0.1) is 0 Å². The van der Waals surface area contributed by atoms with Gasteiger partial charge in [-0.1, -0.05) is 29.3 Å². The summed E-state index contributed by atoms with van der Waals surface area (Å²) < 4.78 is 7.33. The van der Waals surface area contributed by atoms with E-state index >= 15 is 0 Å². The van der Waals surface area contributed by atoms with Crippen LogP contribution in [0.1, 0.15) is 49.9 Å². The largest absolute Gasteiger partial charge is 0.381 e. The number of anilines is 1. The molecule has 0 amide bonds. The SMILES string of the molecule is C[C@H](c1ccc(Cl)cc1Cl)n1nc(C#N)c2ncc(N3CC(C4CCCN(C5CCOCC5)C4)C3)nc21. The molecule has 0 bridgehead atoms. The fraction of sp³-hybridized carbons (Fsp3) is 0.556. The molecule has 0 saturated carbocycles. The van der Waals surface area contributed by atoms with Crippen molar-refractivity contribution in [3.8, 4) is 6.07 Å². The molecule has 3 fully saturated rings. The molecule has 10 heteroatoms. The number of ether oxygens (including phenoxy) is 1. The lowest BCUT2D eigenvalue weighted by Crippen LogP contribution is -2.55. The first-order valence-electron chi connectivity index (χ1n) is 13.2. The van der Waals surface area contributed by atoms with E-state index in [2.05, 4.69) is 26.0 Å². The Morgan fingerprint density at radius 2 is 1.92 bits per heavy atom. The second-order valence-electron chi connectivity index (χ2n) is 10.6. The summed E-state index contributed by atoms with van der Waals surface area (Å²) in [6.45, 7) is 8.19. The second kappa shape index (κ2) is 10.4. The minimum absolute atomic E-state index is 0.235. The summed E-state index contributed by atoms with van der Waals surface area (Å²) in [5.74, 6) is 2.24. The summed E-state index contributed by atoms with van der Waals surface area (Å²) in [5.41, 5.74) is 2.24. The van der Waals surface area contributed by atoms with Crippen molar-refractivity contribution in [3.63, 3.8) is 0 Å². The Balaban J connectivity index is 1.19. The number of hydrogen-bond donors (Lipinski definition) is 0. The molecular formula is C27H31Cl2N7O. The van der Waals surface area contributed by atoms with Gasteiger partial charge in [-0.25, -0.2) is 14.6 Å². The van der Waals surface area contributed by atoms with Gasteiger partial charge in [-0.2, -0.15) is 10.4 Å². The maximum atomic E-state index is 9.66. The highest BCUT2D eigenvalue weighted by Crippen LogP contribution is 2.36. The van der Waals surface area contributed by atoms with Gasteiger partial charge in [0.2, 0.25) is 0 Å². The van der Waals surface area contributed by atoms with Crippen molar-refractivity contribution < 1.29 is 4.74 Å². The molecule has 194 valence electrons. The van der Waals surface area contributed by atoms with Gasteiger partial charge in [-0.05, 0) is 68.7 Å². The number of nitriles is 1. The van der Waals surface area contributed by atoms with Crippen LogP contribution in [0.3, 0.4) is 0 Å². The van der Waals surface area contributed by atoms with E-state index in [0.717, 1.165) is 56.4 Å². The fourth-order valence-corrected chi connectivity index (χ4v) is 6.74. The predicted octanol–water partition coefficient (Wildman–Crippen LogP) is 4.94. The average Bonchev–Trinajstić information content (AvgIpc) is 3.26. The molecule has 3 aliphatic rings. The lowest BCUT2D eigenvalue weighted by Gasteiger charge is -2.48. The molecule has 2 aromatic heterocycles. The number of halogens is 2. The first-order chi connectivity index (χ1) is 18.0. The number of fused-ring (bicyclic) bond motifs is 1. The van der Waals surface area contributed by atoms with Gasteiger partial charge in [0.25, 0.3) is 0 Å². The van der Waals surface area contributed by atoms with Gasteiger partial charge in [0.1, 0.15) is 17.4 Å². The lowest BCUT2D eigenvalue weighted by atomic mass is 9.80. The highest BCUT2D eigenvalue weighted by atomic mass is 35.5. The van der Waals surface area contributed by atoms with E-state index in [1.807, 2.05) is 19.1 Å². The summed E-state index contributed by atoms with van der Waals surface area (Å²) in [4.78, 5) is 14.6. The summed E-state index contributed by atoms with van der Waals surface area (Å²) >= 11 is 12.6.